The molecule has 0 unspecified atom stereocenters. The molecule has 0 spiro atoms. The monoisotopic (exact) mass is 284 g/mol. The average molecular weight is 285 g/mol. The van der Waals surface area contributed by atoms with Crippen molar-refractivity contribution in [3.8, 4) is 0 Å². The van der Waals surface area contributed by atoms with E-state index in [2.05, 4.69) is 21.2 Å². The lowest BCUT2D eigenvalue weighted by Crippen LogP contribution is -2.28. The number of nitrogens with one attached hydrogen (secondary N) is 1. The smallest absolute Gasteiger partial charge is 0.335 e. The fraction of sp³-hybridized carbons (Fsp3) is 0.200. The number of nitrogens with zero attached hydrogens (tertiary/aromatic N) is 1. The zero-order chi connectivity index (χ0) is 11.7. The van der Waals surface area contributed by atoms with Gasteiger partial charge in [-0.3, -0.25) is 4.90 Å². The van der Waals surface area contributed by atoms with Gasteiger partial charge in [0, 0.05) is 17.6 Å². The van der Waals surface area contributed by atoms with Crippen LogP contribution < -0.4 is 10.2 Å². The zero-order valence-corrected chi connectivity index (χ0v) is 9.82. The highest BCUT2D eigenvalue weighted by Gasteiger charge is 2.23. The van der Waals surface area contributed by atoms with Crippen molar-refractivity contribution in [3.05, 3.63) is 28.2 Å². The molecule has 16 heavy (non-hydrogen) atoms. The molecule has 0 radical (unpaired) electrons. The Morgan fingerprint density at radius 2 is 2.25 bits per heavy atom. The predicted molar refractivity (Wildman–Crippen MR) is 61.8 cm³/mol. The summed E-state index contributed by atoms with van der Waals surface area (Å²) in [6.45, 7) is 1.11. The third-order valence-corrected chi connectivity index (χ3v) is 3.01. The van der Waals surface area contributed by atoms with Crippen molar-refractivity contribution >= 4 is 33.6 Å². The number of aromatic carboxylic acids is 1. The zero-order valence-electron chi connectivity index (χ0n) is 8.24. The molecule has 6 heteroatoms. The fourth-order valence-corrected chi connectivity index (χ4v) is 2.01. The summed E-state index contributed by atoms with van der Waals surface area (Å²) in [7, 11) is 0. The number of halogens is 1. The first-order valence-electron chi connectivity index (χ1n) is 4.68. The molecule has 1 aliphatic heterocycles. The Morgan fingerprint density at radius 3 is 2.81 bits per heavy atom. The van der Waals surface area contributed by atoms with E-state index in [1.807, 2.05) is 0 Å². The molecule has 5 nitrogen and oxygen atoms in total. The standard InChI is InChI=1S/C10H9BrN2O3/c11-7-2-1-6(9(14)15)5-8(7)13-4-3-12-10(13)16/h1-2,5H,3-4H2,(H,12,16)(H,14,15). The van der Waals surface area contributed by atoms with E-state index in [0.717, 1.165) is 0 Å². The molecule has 0 bridgehead atoms. The van der Waals surface area contributed by atoms with Crippen molar-refractivity contribution in [2.75, 3.05) is 18.0 Å². The maximum Gasteiger partial charge on any atom is 0.335 e. The lowest BCUT2D eigenvalue weighted by atomic mass is 10.2. The molecule has 0 aromatic heterocycles. The number of carbonyl (C=O) groups is 2. The van der Waals surface area contributed by atoms with Crippen LogP contribution in [-0.2, 0) is 0 Å². The van der Waals surface area contributed by atoms with Crippen LogP contribution >= 0.6 is 15.9 Å². The largest absolute Gasteiger partial charge is 0.478 e. The van der Waals surface area contributed by atoms with E-state index in [-0.39, 0.29) is 11.6 Å². The lowest BCUT2D eigenvalue weighted by Gasteiger charge is -2.16. The Balaban J connectivity index is 2.42. The van der Waals surface area contributed by atoms with Gasteiger partial charge >= 0.3 is 12.0 Å². The Labute approximate surface area is 100 Å². The van der Waals surface area contributed by atoms with Crippen LogP contribution in [0, 0.1) is 0 Å². The summed E-state index contributed by atoms with van der Waals surface area (Å²) in [5.74, 6) is -1.01. The first kappa shape index (κ1) is 10.9. The second kappa shape index (κ2) is 4.13. The molecule has 1 aromatic carbocycles. The summed E-state index contributed by atoms with van der Waals surface area (Å²) in [6, 6.07) is 4.40. The number of carboxylic acids is 1. The molecule has 0 aliphatic carbocycles. The van der Waals surface area contributed by atoms with Gasteiger partial charge in [0.05, 0.1) is 11.3 Å². The SMILES string of the molecule is O=C(O)c1ccc(Br)c(N2CCNC2=O)c1. The molecule has 1 aliphatic rings. The minimum Gasteiger partial charge on any atom is -0.478 e. The molecule has 2 N–H and O–H groups in total. The van der Waals surface area contributed by atoms with Gasteiger partial charge in [0.1, 0.15) is 0 Å². The third-order valence-electron chi connectivity index (χ3n) is 2.34. The Kier molecular flexibility index (Phi) is 2.82. The van der Waals surface area contributed by atoms with Crippen LogP contribution in [0.25, 0.3) is 0 Å². The Bertz CT molecular complexity index is 461. The molecule has 1 saturated heterocycles. The van der Waals surface area contributed by atoms with Crippen LogP contribution in [0.4, 0.5) is 10.5 Å². The van der Waals surface area contributed by atoms with Crippen LogP contribution in [0.5, 0.6) is 0 Å². The molecule has 2 amide bonds. The van der Waals surface area contributed by atoms with E-state index in [1.165, 1.54) is 17.0 Å². The molecule has 1 aromatic rings. The maximum absolute atomic E-state index is 11.5. The van der Waals surface area contributed by atoms with Crippen LogP contribution in [0.2, 0.25) is 0 Å². The summed E-state index contributed by atoms with van der Waals surface area (Å²) < 4.78 is 0.703. The van der Waals surface area contributed by atoms with Crippen molar-refractivity contribution in [2.24, 2.45) is 0 Å². The van der Waals surface area contributed by atoms with E-state index in [9.17, 15) is 9.59 Å². The van der Waals surface area contributed by atoms with Gasteiger partial charge in [0.2, 0.25) is 0 Å². The van der Waals surface area contributed by atoms with Crippen molar-refractivity contribution in [1.29, 1.82) is 0 Å². The van der Waals surface area contributed by atoms with Gasteiger partial charge in [-0.2, -0.15) is 0 Å². The predicted octanol–water partition coefficient (Wildman–Crippen LogP) is 1.68. The molecule has 0 saturated carbocycles. The van der Waals surface area contributed by atoms with Gasteiger partial charge in [-0.25, -0.2) is 9.59 Å². The minimum atomic E-state index is -1.01. The summed E-state index contributed by atoms with van der Waals surface area (Å²) in [5.41, 5.74) is 0.743. The Hall–Kier alpha value is -1.56. The number of hydrogen-bond acceptors (Lipinski definition) is 2. The van der Waals surface area contributed by atoms with Gasteiger partial charge in [-0.05, 0) is 34.1 Å². The van der Waals surface area contributed by atoms with Gasteiger partial charge in [0.15, 0.2) is 0 Å². The number of anilines is 1. The highest BCUT2D eigenvalue weighted by atomic mass is 79.9. The molecular weight excluding hydrogens is 276 g/mol. The van der Waals surface area contributed by atoms with Crippen LogP contribution in [0.15, 0.2) is 22.7 Å². The van der Waals surface area contributed by atoms with Gasteiger partial charge in [0.25, 0.3) is 0 Å². The van der Waals surface area contributed by atoms with Gasteiger partial charge < -0.3 is 10.4 Å². The van der Waals surface area contributed by atoms with Crippen molar-refractivity contribution in [2.45, 2.75) is 0 Å². The number of carboxylic acid groups (broad SMARTS) is 1. The molecule has 2 rings (SSSR count). The van der Waals surface area contributed by atoms with Crippen LogP contribution in [-0.4, -0.2) is 30.2 Å². The second-order valence-electron chi connectivity index (χ2n) is 3.35. The number of benzene rings is 1. The van der Waals surface area contributed by atoms with Gasteiger partial charge in [-0.15, -0.1) is 0 Å². The van der Waals surface area contributed by atoms with Crippen LogP contribution in [0.1, 0.15) is 10.4 Å². The summed E-state index contributed by atoms with van der Waals surface area (Å²) in [5, 5.41) is 11.5. The number of amides is 2. The third kappa shape index (κ3) is 1.88. The summed E-state index contributed by atoms with van der Waals surface area (Å²) >= 11 is 3.30. The average Bonchev–Trinajstić information content (AvgIpc) is 2.65. The lowest BCUT2D eigenvalue weighted by molar-refractivity contribution is 0.0697. The van der Waals surface area contributed by atoms with E-state index in [1.54, 1.807) is 6.07 Å². The number of carbonyl (C=O) groups excluding carboxylic acids is 1. The topological polar surface area (TPSA) is 69.6 Å². The Morgan fingerprint density at radius 1 is 1.50 bits per heavy atom. The second-order valence-corrected chi connectivity index (χ2v) is 4.21. The molecule has 0 atom stereocenters. The number of rotatable bonds is 2. The molecule has 1 fully saturated rings. The first-order valence-corrected chi connectivity index (χ1v) is 5.47. The number of urea groups is 1. The summed E-state index contributed by atoms with van der Waals surface area (Å²) in [4.78, 5) is 23.8. The van der Waals surface area contributed by atoms with Crippen molar-refractivity contribution < 1.29 is 14.7 Å². The highest BCUT2D eigenvalue weighted by molar-refractivity contribution is 9.10. The number of hydrogen-bond donors (Lipinski definition) is 2. The maximum atomic E-state index is 11.5. The molecule has 1 heterocycles. The minimum absolute atomic E-state index is 0.165. The van der Waals surface area contributed by atoms with Crippen molar-refractivity contribution in [3.63, 3.8) is 0 Å². The molecule has 84 valence electrons. The van der Waals surface area contributed by atoms with E-state index in [0.29, 0.717) is 23.2 Å². The fourth-order valence-electron chi connectivity index (χ4n) is 1.55. The highest BCUT2D eigenvalue weighted by Crippen LogP contribution is 2.28. The normalized spacial score (nSPS) is 15.1. The van der Waals surface area contributed by atoms with Crippen molar-refractivity contribution in [1.82, 2.24) is 5.32 Å². The molecular formula is C10H9BrN2O3. The van der Waals surface area contributed by atoms with E-state index in [4.69, 9.17) is 5.11 Å². The van der Waals surface area contributed by atoms with Crippen LogP contribution in [0.3, 0.4) is 0 Å². The van der Waals surface area contributed by atoms with E-state index >= 15 is 0 Å². The first-order chi connectivity index (χ1) is 7.59. The van der Waals surface area contributed by atoms with Gasteiger partial charge in [-0.1, -0.05) is 0 Å². The summed E-state index contributed by atoms with van der Waals surface area (Å²) in [6.07, 6.45) is 0. The quantitative estimate of drug-likeness (QED) is 0.868. The van der Waals surface area contributed by atoms with E-state index < -0.39 is 5.97 Å².